The van der Waals surface area contributed by atoms with Crippen molar-refractivity contribution in [2.75, 3.05) is 102 Å². The number of ether oxygens (including phenoxy) is 5. The summed E-state index contributed by atoms with van der Waals surface area (Å²) >= 11 is 0. The third-order valence-electron chi connectivity index (χ3n) is 5.56. The van der Waals surface area contributed by atoms with Crippen molar-refractivity contribution in [2.24, 2.45) is 0 Å². The standard InChI is InChI=1S/C29H41N7O7/c1-39-17-18-43-22-21-42-16-13-32-28-34-27(35-29(36-28)33-24-7-9-25(37)10-8-24)31-12-15-41-20-19-40-14-11-30-26(38)23-5-3-2-4-6-23/h2-10,37H,11-22H2,1H3,(H,30,38)(H3,31,32,33,34,35,36). The average molecular weight is 600 g/mol. The van der Waals surface area contributed by atoms with Gasteiger partial charge in [0.25, 0.3) is 5.91 Å². The Kier molecular flexibility index (Phi) is 16.1. The molecule has 0 aliphatic rings. The molecule has 1 heterocycles. The van der Waals surface area contributed by atoms with Crippen LogP contribution in [0.3, 0.4) is 0 Å². The number of aromatic nitrogens is 3. The summed E-state index contributed by atoms with van der Waals surface area (Å²) in [4.78, 5) is 25.3. The van der Waals surface area contributed by atoms with Gasteiger partial charge in [0.1, 0.15) is 5.75 Å². The monoisotopic (exact) mass is 599 g/mol. The van der Waals surface area contributed by atoms with Gasteiger partial charge in [-0.05, 0) is 36.4 Å². The van der Waals surface area contributed by atoms with E-state index in [9.17, 15) is 9.90 Å². The van der Waals surface area contributed by atoms with Crippen LogP contribution in [-0.4, -0.2) is 112 Å². The molecule has 0 bridgehead atoms. The van der Waals surface area contributed by atoms with E-state index in [1.165, 1.54) is 0 Å². The van der Waals surface area contributed by atoms with Crippen LogP contribution in [0.4, 0.5) is 23.5 Å². The van der Waals surface area contributed by atoms with Gasteiger partial charge in [0.05, 0.1) is 59.5 Å². The number of phenols is 1. The summed E-state index contributed by atoms with van der Waals surface area (Å²) in [6.07, 6.45) is 0. The number of benzene rings is 2. The van der Waals surface area contributed by atoms with E-state index in [4.69, 9.17) is 23.7 Å². The van der Waals surface area contributed by atoms with Crippen LogP contribution in [0.2, 0.25) is 0 Å². The van der Waals surface area contributed by atoms with Gasteiger partial charge in [-0.3, -0.25) is 4.79 Å². The van der Waals surface area contributed by atoms with Crippen molar-refractivity contribution < 1.29 is 33.6 Å². The molecule has 0 spiro atoms. The molecule has 14 nitrogen and oxygen atoms in total. The number of methoxy groups -OCH3 is 1. The zero-order chi connectivity index (χ0) is 30.4. The highest BCUT2D eigenvalue weighted by atomic mass is 16.5. The van der Waals surface area contributed by atoms with Gasteiger partial charge < -0.3 is 50.1 Å². The number of amides is 1. The molecule has 5 N–H and O–H groups in total. The lowest BCUT2D eigenvalue weighted by molar-refractivity contribution is 0.0272. The van der Waals surface area contributed by atoms with Gasteiger partial charge in [0, 0.05) is 38.0 Å². The Morgan fingerprint density at radius 1 is 0.651 bits per heavy atom. The Hall–Kier alpha value is -4.08. The molecule has 234 valence electrons. The lowest BCUT2D eigenvalue weighted by atomic mass is 10.2. The van der Waals surface area contributed by atoms with Gasteiger partial charge in [-0.1, -0.05) is 18.2 Å². The van der Waals surface area contributed by atoms with E-state index < -0.39 is 0 Å². The molecule has 2 aromatic carbocycles. The number of carbonyl (C=O) groups is 1. The van der Waals surface area contributed by atoms with Crippen molar-refractivity contribution in [3.8, 4) is 5.75 Å². The van der Waals surface area contributed by atoms with Gasteiger partial charge in [-0.25, -0.2) is 0 Å². The lowest BCUT2D eigenvalue weighted by Gasteiger charge is -2.12. The Labute approximate surface area is 251 Å². The number of rotatable bonds is 23. The number of hydrogen-bond donors (Lipinski definition) is 5. The molecule has 43 heavy (non-hydrogen) atoms. The third-order valence-corrected chi connectivity index (χ3v) is 5.56. The maximum Gasteiger partial charge on any atom is 0.251 e. The van der Waals surface area contributed by atoms with Crippen LogP contribution >= 0.6 is 0 Å². The largest absolute Gasteiger partial charge is 0.508 e. The molecule has 0 saturated heterocycles. The van der Waals surface area contributed by atoms with Crippen LogP contribution in [0.5, 0.6) is 5.75 Å². The van der Waals surface area contributed by atoms with Crippen molar-refractivity contribution in [3.05, 3.63) is 60.2 Å². The lowest BCUT2D eigenvalue weighted by Crippen LogP contribution is -2.27. The first-order valence-corrected chi connectivity index (χ1v) is 14.1. The number of anilines is 4. The van der Waals surface area contributed by atoms with E-state index in [0.29, 0.717) is 108 Å². The predicted octanol–water partition coefficient (Wildman–Crippen LogP) is 2.29. The van der Waals surface area contributed by atoms with Crippen LogP contribution < -0.4 is 21.3 Å². The Bertz CT molecular complexity index is 1170. The van der Waals surface area contributed by atoms with E-state index in [1.807, 2.05) is 18.2 Å². The molecule has 3 rings (SSSR count). The number of phenolic OH excluding ortho intramolecular Hbond substituents is 1. The van der Waals surface area contributed by atoms with Crippen LogP contribution in [0.1, 0.15) is 10.4 Å². The molecule has 0 aliphatic heterocycles. The maximum absolute atomic E-state index is 12.0. The summed E-state index contributed by atoms with van der Waals surface area (Å²) in [5, 5.41) is 21.8. The summed E-state index contributed by atoms with van der Waals surface area (Å²) in [7, 11) is 1.63. The molecule has 0 atom stereocenters. The third kappa shape index (κ3) is 14.6. The van der Waals surface area contributed by atoms with E-state index in [2.05, 4.69) is 36.2 Å². The number of carbonyl (C=O) groups excluding carboxylic acids is 1. The number of nitrogens with one attached hydrogen (secondary N) is 4. The topological polar surface area (TPSA) is 170 Å². The first-order chi connectivity index (χ1) is 21.1. The van der Waals surface area contributed by atoms with Gasteiger partial charge in [-0.15, -0.1) is 0 Å². The number of aromatic hydroxyl groups is 1. The highest BCUT2D eigenvalue weighted by Gasteiger charge is 2.08. The van der Waals surface area contributed by atoms with Crippen molar-refractivity contribution in [3.63, 3.8) is 0 Å². The fraction of sp³-hybridized carbons (Fsp3) is 0.448. The SMILES string of the molecule is COCCOCCOCCNc1nc(NCCOCCOCCNC(=O)c2ccccc2)nc(Nc2ccc(O)cc2)n1. The molecule has 0 unspecified atom stereocenters. The zero-order valence-electron chi connectivity index (χ0n) is 24.4. The second-order valence-corrected chi connectivity index (χ2v) is 8.90. The van der Waals surface area contributed by atoms with E-state index >= 15 is 0 Å². The van der Waals surface area contributed by atoms with Gasteiger partial charge in [0.2, 0.25) is 17.8 Å². The zero-order valence-corrected chi connectivity index (χ0v) is 24.4. The quantitative estimate of drug-likeness (QED) is 0.0795. The van der Waals surface area contributed by atoms with Crippen molar-refractivity contribution >= 4 is 29.4 Å². The molecule has 3 aromatic rings. The fourth-order valence-corrected chi connectivity index (χ4v) is 3.45. The van der Waals surface area contributed by atoms with Crippen molar-refractivity contribution in [1.82, 2.24) is 20.3 Å². The average Bonchev–Trinajstić information content (AvgIpc) is 3.02. The molecule has 1 aromatic heterocycles. The van der Waals surface area contributed by atoms with Crippen LogP contribution in [0.25, 0.3) is 0 Å². The van der Waals surface area contributed by atoms with Gasteiger partial charge >= 0.3 is 0 Å². The summed E-state index contributed by atoms with van der Waals surface area (Å²) in [5.74, 6) is 1.09. The molecule has 0 saturated carbocycles. The Morgan fingerprint density at radius 2 is 1.16 bits per heavy atom. The minimum absolute atomic E-state index is 0.127. The van der Waals surface area contributed by atoms with Crippen LogP contribution in [-0.2, 0) is 23.7 Å². The molecule has 1 amide bonds. The van der Waals surface area contributed by atoms with Crippen molar-refractivity contribution in [1.29, 1.82) is 0 Å². The molecular formula is C29H41N7O7. The summed E-state index contributed by atoms with van der Waals surface area (Å²) < 4.78 is 27.0. The second kappa shape index (κ2) is 20.7. The molecule has 0 aliphatic carbocycles. The minimum atomic E-state index is -0.127. The first kappa shape index (κ1) is 33.4. The van der Waals surface area contributed by atoms with Gasteiger partial charge in [0.15, 0.2) is 0 Å². The maximum atomic E-state index is 12.0. The van der Waals surface area contributed by atoms with Crippen LogP contribution in [0, 0.1) is 0 Å². The predicted molar refractivity (Wildman–Crippen MR) is 162 cm³/mol. The highest BCUT2D eigenvalue weighted by molar-refractivity contribution is 5.94. The normalized spacial score (nSPS) is 10.8. The molecular weight excluding hydrogens is 558 g/mol. The first-order valence-electron chi connectivity index (χ1n) is 14.1. The summed E-state index contributed by atoms with van der Waals surface area (Å²) in [6.45, 7) is 5.46. The van der Waals surface area contributed by atoms with Gasteiger partial charge in [-0.2, -0.15) is 15.0 Å². The number of nitrogens with zero attached hydrogens (tertiary/aromatic N) is 3. The Balaban J connectivity index is 1.34. The highest BCUT2D eigenvalue weighted by Crippen LogP contribution is 2.18. The summed E-state index contributed by atoms with van der Waals surface area (Å²) in [6, 6.07) is 15.6. The molecule has 0 fully saturated rings. The number of hydrogen-bond acceptors (Lipinski definition) is 13. The Morgan fingerprint density at radius 3 is 1.74 bits per heavy atom. The molecule has 0 radical (unpaired) electrons. The minimum Gasteiger partial charge on any atom is -0.508 e. The van der Waals surface area contributed by atoms with Crippen LogP contribution in [0.15, 0.2) is 54.6 Å². The molecule has 14 heteroatoms. The van der Waals surface area contributed by atoms with E-state index in [-0.39, 0.29) is 11.7 Å². The fourth-order valence-electron chi connectivity index (χ4n) is 3.45. The smallest absolute Gasteiger partial charge is 0.251 e. The summed E-state index contributed by atoms with van der Waals surface area (Å²) in [5.41, 5.74) is 1.33. The van der Waals surface area contributed by atoms with E-state index in [1.54, 1.807) is 43.5 Å². The second-order valence-electron chi connectivity index (χ2n) is 8.90. The van der Waals surface area contributed by atoms with E-state index in [0.717, 1.165) is 0 Å². The van der Waals surface area contributed by atoms with Crippen molar-refractivity contribution in [2.45, 2.75) is 0 Å².